The number of hydrogen-bond donors (Lipinski definition) is 0. The molecule has 0 spiro atoms. The van der Waals surface area contributed by atoms with E-state index in [1.165, 1.54) is 48.5 Å². The predicted molar refractivity (Wildman–Crippen MR) is 175 cm³/mol. The molecule has 0 bridgehead atoms. The summed E-state index contributed by atoms with van der Waals surface area (Å²) >= 11 is 0. The first-order valence-electron chi connectivity index (χ1n) is 15.6. The van der Waals surface area contributed by atoms with Gasteiger partial charge in [-0.15, -0.1) is 26.3 Å². The molecule has 23 heteroatoms. The van der Waals surface area contributed by atoms with E-state index in [9.17, 15) is 65.7 Å². The minimum absolute atomic E-state index is 0.0431. The molecule has 17 nitrogen and oxygen atoms in total. The number of alkyl halides is 6. The number of ether oxygens (including phenoxy) is 5. The number of esters is 2. The molecule has 0 fully saturated rings. The fourth-order valence-electron chi connectivity index (χ4n) is 4.66. The molecule has 0 aromatic heterocycles. The van der Waals surface area contributed by atoms with Crippen molar-refractivity contribution < 1.29 is 79.3 Å². The molecule has 4 rings (SSSR count). The summed E-state index contributed by atoms with van der Waals surface area (Å²) in [5.74, 6) is -9.42. The van der Waals surface area contributed by atoms with Crippen LogP contribution in [0.25, 0.3) is 0 Å². The highest BCUT2D eigenvalue weighted by Gasteiger charge is 2.35. The minimum Gasteiger partial charge on any atom is -0.481 e. The van der Waals surface area contributed by atoms with Crippen molar-refractivity contribution in [2.24, 2.45) is 0 Å². The normalized spacial score (nSPS) is 11.1. The van der Waals surface area contributed by atoms with Crippen molar-refractivity contribution in [2.45, 2.75) is 25.8 Å². The van der Waals surface area contributed by atoms with Crippen LogP contribution in [-0.2, 0) is 27.4 Å². The van der Waals surface area contributed by atoms with Crippen molar-refractivity contribution in [3.05, 3.63) is 140 Å². The number of carbonyl (C=O) groups is 4. The number of nitro groups is 2. The van der Waals surface area contributed by atoms with Crippen LogP contribution in [0.4, 0.5) is 26.3 Å². The third kappa shape index (κ3) is 12.8. The zero-order chi connectivity index (χ0) is 41.9. The maximum absolute atomic E-state index is 13.3. The van der Waals surface area contributed by atoms with E-state index in [4.69, 9.17) is 9.47 Å². The number of halogens is 6. The van der Waals surface area contributed by atoms with E-state index in [2.05, 4.69) is 14.2 Å². The van der Waals surface area contributed by atoms with Crippen molar-refractivity contribution in [3.8, 4) is 23.0 Å². The first kappa shape index (κ1) is 42.3. The average Bonchev–Trinajstić information content (AvgIpc) is 3.13. The molecule has 0 aliphatic rings. The van der Waals surface area contributed by atoms with E-state index in [1.807, 2.05) is 0 Å². The number of carbonyl (C=O) groups excluding carboxylic acids is 4. The lowest BCUT2D eigenvalue weighted by atomic mass is 10.1. The molecule has 0 N–H and O–H groups in total. The van der Waals surface area contributed by atoms with Gasteiger partial charge < -0.3 is 23.7 Å². The van der Waals surface area contributed by atoms with Gasteiger partial charge in [0.2, 0.25) is 0 Å². The average molecular weight is 811 g/mol. The first-order valence-corrected chi connectivity index (χ1v) is 15.6. The van der Waals surface area contributed by atoms with Crippen LogP contribution in [0.3, 0.4) is 0 Å². The van der Waals surface area contributed by atoms with Crippen LogP contribution in [0.15, 0.2) is 97.1 Å². The molecule has 0 radical (unpaired) electrons. The maximum Gasteiger partial charge on any atom is 0.573 e. The Morgan fingerprint density at radius 3 is 1.23 bits per heavy atom. The van der Waals surface area contributed by atoms with Crippen molar-refractivity contribution >= 4 is 23.8 Å². The number of nitrogens with zero attached hydrogens (tertiary/aromatic N) is 4. The lowest BCUT2D eigenvalue weighted by Gasteiger charge is -2.17. The molecule has 0 saturated heterocycles. The summed E-state index contributed by atoms with van der Waals surface area (Å²) in [4.78, 5) is 75.1. The zero-order valence-electron chi connectivity index (χ0n) is 28.4. The summed E-state index contributed by atoms with van der Waals surface area (Å²) < 4.78 is 100.0. The van der Waals surface area contributed by atoms with Crippen molar-refractivity contribution in [1.29, 1.82) is 0 Å². The molecule has 2 amide bonds. The van der Waals surface area contributed by atoms with Crippen molar-refractivity contribution in [1.82, 2.24) is 10.0 Å². The standard InChI is InChI=1S/C34H24F6N4O13/c35-33(36,37)56-23-11-13-27(25(15-23)31(47)41(43(49)50)17-21-7-3-1-4-8-21)53-19-29(45)55-30(46)20-54-28-14-12-24(57-34(38,39)40)16-26(28)32(48)42(44(51)52)18-22-9-5-2-6-10-22/h1-16H,17-20H2. The van der Waals surface area contributed by atoms with Crippen LogP contribution in [0.1, 0.15) is 31.8 Å². The number of benzene rings is 4. The van der Waals surface area contributed by atoms with Crippen LogP contribution >= 0.6 is 0 Å². The lowest BCUT2D eigenvalue weighted by molar-refractivity contribution is -0.635. The van der Waals surface area contributed by atoms with Gasteiger partial charge in [-0.3, -0.25) is 9.59 Å². The van der Waals surface area contributed by atoms with Crippen molar-refractivity contribution in [3.63, 3.8) is 0 Å². The van der Waals surface area contributed by atoms with Gasteiger partial charge in [0.15, 0.2) is 23.3 Å². The molecule has 0 aliphatic heterocycles. The predicted octanol–water partition coefficient (Wildman–Crippen LogP) is 5.68. The molecule has 57 heavy (non-hydrogen) atoms. The van der Waals surface area contributed by atoms with E-state index < -0.39 is 107 Å². The fraction of sp³-hybridized carbons (Fsp3) is 0.176. The number of rotatable bonds is 16. The van der Waals surface area contributed by atoms with Crippen LogP contribution in [0.2, 0.25) is 0 Å². The molecule has 0 aliphatic carbocycles. The molecule has 0 unspecified atom stereocenters. The van der Waals surface area contributed by atoms with Crippen LogP contribution in [-0.4, -0.2) is 69.8 Å². The fourth-order valence-corrected chi connectivity index (χ4v) is 4.66. The number of hydrazine groups is 2. The highest BCUT2D eigenvalue weighted by atomic mass is 19.4. The van der Waals surface area contributed by atoms with Crippen LogP contribution in [0.5, 0.6) is 23.0 Å². The van der Waals surface area contributed by atoms with Gasteiger partial charge >= 0.3 is 36.5 Å². The second-order valence-corrected chi connectivity index (χ2v) is 11.0. The summed E-state index contributed by atoms with van der Waals surface area (Å²) in [5, 5.41) is 21.4. The summed E-state index contributed by atoms with van der Waals surface area (Å²) in [7, 11) is 0. The maximum atomic E-state index is 13.3. The summed E-state index contributed by atoms with van der Waals surface area (Å²) in [6.07, 6.45) is -10.5. The van der Waals surface area contributed by atoms with E-state index in [-0.39, 0.29) is 21.1 Å². The third-order valence-electron chi connectivity index (χ3n) is 6.96. The Balaban J connectivity index is 1.49. The van der Waals surface area contributed by atoms with Gasteiger partial charge in [-0.25, -0.2) is 29.8 Å². The zero-order valence-corrected chi connectivity index (χ0v) is 28.4. The largest absolute Gasteiger partial charge is 0.573 e. The minimum atomic E-state index is -5.25. The topological polar surface area (TPSA) is 207 Å². The molecule has 0 atom stereocenters. The van der Waals surface area contributed by atoms with Gasteiger partial charge in [-0.1, -0.05) is 70.7 Å². The Kier molecular flexibility index (Phi) is 13.5. The smallest absolute Gasteiger partial charge is 0.481 e. The Hall–Kier alpha value is -7.46. The number of amides is 2. The Morgan fingerprint density at radius 1 is 0.561 bits per heavy atom. The van der Waals surface area contributed by atoms with Crippen LogP contribution < -0.4 is 18.9 Å². The highest BCUT2D eigenvalue weighted by molar-refractivity contribution is 5.97. The molecule has 0 saturated carbocycles. The van der Waals surface area contributed by atoms with Crippen molar-refractivity contribution in [2.75, 3.05) is 13.2 Å². The van der Waals surface area contributed by atoms with Gasteiger partial charge in [0.25, 0.3) is 0 Å². The first-order chi connectivity index (χ1) is 26.8. The molecule has 0 heterocycles. The van der Waals surface area contributed by atoms with Gasteiger partial charge in [0, 0.05) is 0 Å². The van der Waals surface area contributed by atoms with E-state index in [1.54, 1.807) is 12.1 Å². The molecule has 4 aromatic rings. The lowest BCUT2D eigenvalue weighted by Crippen LogP contribution is -2.36. The second kappa shape index (κ2) is 18.2. The van der Waals surface area contributed by atoms with E-state index in [0.29, 0.717) is 36.4 Å². The van der Waals surface area contributed by atoms with Gasteiger partial charge in [-0.05, 0) is 47.5 Å². The Morgan fingerprint density at radius 2 is 0.912 bits per heavy atom. The third-order valence-corrected chi connectivity index (χ3v) is 6.96. The molecular weight excluding hydrogens is 786 g/mol. The monoisotopic (exact) mass is 810 g/mol. The van der Waals surface area contributed by atoms with E-state index >= 15 is 0 Å². The Bertz CT molecular complexity index is 1970. The van der Waals surface area contributed by atoms with Crippen LogP contribution in [0, 0.1) is 20.2 Å². The highest BCUT2D eigenvalue weighted by Crippen LogP contribution is 2.32. The molecule has 300 valence electrons. The summed E-state index contributed by atoms with van der Waals surface area (Å²) in [6, 6.07) is 18.5. The summed E-state index contributed by atoms with van der Waals surface area (Å²) in [6.45, 7) is -3.80. The Labute approximate surface area is 314 Å². The number of hydrogen-bond acceptors (Lipinski definition) is 13. The van der Waals surface area contributed by atoms with E-state index in [0.717, 1.165) is 0 Å². The molecular formula is C34H24F6N4O13. The SMILES string of the molecule is O=C(COc1ccc(OC(F)(F)F)cc1C(=O)N(Cc1ccccc1)[N+](=O)[O-])OC(=O)COc1ccc(OC(F)(F)F)cc1C(=O)N(Cc1ccccc1)[N+](=O)[O-]. The summed E-state index contributed by atoms with van der Waals surface area (Å²) in [5.41, 5.74) is -1.25. The second-order valence-electron chi connectivity index (χ2n) is 11.0. The van der Waals surface area contributed by atoms with Gasteiger partial charge in [-0.2, -0.15) is 0 Å². The molecule has 4 aromatic carbocycles. The van der Waals surface area contributed by atoms with Gasteiger partial charge in [0.1, 0.15) is 36.1 Å². The van der Waals surface area contributed by atoms with Gasteiger partial charge in [0.05, 0.1) is 11.1 Å². The quantitative estimate of drug-likeness (QED) is 0.0440.